The van der Waals surface area contributed by atoms with E-state index in [0.717, 1.165) is 38.5 Å². The van der Waals surface area contributed by atoms with Gasteiger partial charge in [-0.1, -0.05) is 304 Å². The van der Waals surface area contributed by atoms with Gasteiger partial charge >= 0.3 is 11.9 Å². The van der Waals surface area contributed by atoms with E-state index in [1.54, 1.807) is 0 Å². The zero-order valence-electron chi connectivity index (χ0n) is 41.3. The molecule has 0 aromatic heterocycles. The van der Waals surface area contributed by atoms with Crippen LogP contribution in [0, 0.1) is 11.8 Å². The normalized spacial score (nSPS) is 12.6. The fraction of sp³-hybridized carbons (Fsp3) is 0.964. The van der Waals surface area contributed by atoms with E-state index in [1.165, 1.54) is 263 Å². The van der Waals surface area contributed by atoms with Crippen molar-refractivity contribution in [2.45, 2.75) is 336 Å². The Morgan fingerprint density at radius 1 is 0.288 bits per heavy atom. The lowest BCUT2D eigenvalue weighted by molar-refractivity contribution is -0.163. The first-order chi connectivity index (χ1) is 29.1. The maximum Gasteiger partial charge on any atom is 0.316 e. The van der Waals surface area contributed by atoms with E-state index >= 15 is 0 Å². The summed E-state index contributed by atoms with van der Waals surface area (Å²) in [5.74, 6) is 0.111. The Kier molecular flexibility index (Phi) is 49.1. The summed E-state index contributed by atoms with van der Waals surface area (Å²) in [5.41, 5.74) is 0. The van der Waals surface area contributed by atoms with Crippen molar-refractivity contribution < 1.29 is 14.3 Å². The van der Waals surface area contributed by atoms with Crippen LogP contribution < -0.4 is 0 Å². The van der Waals surface area contributed by atoms with Crippen LogP contribution >= 0.6 is 0 Å². The van der Waals surface area contributed by atoms with Crippen LogP contribution in [0.4, 0.5) is 0 Å². The number of hydrogen-bond acceptors (Lipinski definition) is 3. The predicted molar refractivity (Wildman–Crippen MR) is 262 cm³/mol. The topological polar surface area (TPSA) is 43.4 Å². The number of carbonyl (C=O) groups excluding carboxylic acids is 2. The van der Waals surface area contributed by atoms with E-state index in [2.05, 4.69) is 27.7 Å². The minimum atomic E-state index is -0.276. The van der Waals surface area contributed by atoms with Crippen molar-refractivity contribution in [3.8, 4) is 0 Å². The first kappa shape index (κ1) is 58.1. The summed E-state index contributed by atoms with van der Waals surface area (Å²) in [5, 5.41) is 0. The molecule has 0 aliphatic carbocycles. The Morgan fingerprint density at radius 2 is 0.542 bits per heavy atom. The molecule has 0 saturated carbocycles. The second kappa shape index (κ2) is 49.8. The molecule has 2 atom stereocenters. The number of esters is 2. The van der Waals surface area contributed by atoms with Crippen molar-refractivity contribution >= 4 is 11.9 Å². The molecule has 0 amide bonds. The van der Waals surface area contributed by atoms with Crippen LogP contribution in [-0.2, 0) is 14.3 Å². The van der Waals surface area contributed by atoms with Crippen molar-refractivity contribution in [2.75, 3.05) is 0 Å². The van der Waals surface area contributed by atoms with Crippen molar-refractivity contribution in [3.05, 3.63) is 0 Å². The van der Waals surface area contributed by atoms with E-state index < -0.39 is 0 Å². The van der Waals surface area contributed by atoms with Crippen LogP contribution in [0.15, 0.2) is 0 Å². The summed E-state index contributed by atoms with van der Waals surface area (Å²) in [7, 11) is 0. The highest BCUT2D eigenvalue weighted by molar-refractivity contribution is 5.86. The molecule has 0 spiro atoms. The molecule has 0 aliphatic heterocycles. The number of rotatable bonds is 50. The van der Waals surface area contributed by atoms with Gasteiger partial charge in [-0.3, -0.25) is 9.59 Å². The molecule has 0 heterocycles. The average molecular weight is 831 g/mol. The Balaban J connectivity index is 4.74. The summed E-state index contributed by atoms with van der Waals surface area (Å²) in [6.45, 7) is 9.18. The average Bonchev–Trinajstić information content (AvgIpc) is 3.23. The van der Waals surface area contributed by atoms with Gasteiger partial charge in [-0.2, -0.15) is 0 Å². The van der Waals surface area contributed by atoms with Crippen molar-refractivity contribution in [3.63, 3.8) is 0 Å². The molecule has 3 heteroatoms. The smallest absolute Gasteiger partial charge is 0.316 e. The van der Waals surface area contributed by atoms with Gasteiger partial charge in [0, 0.05) is 6.42 Å². The molecular formula is C56H110O3. The molecule has 0 fully saturated rings. The molecule has 0 aromatic rings. The fourth-order valence-corrected chi connectivity index (χ4v) is 9.33. The van der Waals surface area contributed by atoms with Gasteiger partial charge in [0.05, 0.1) is 5.92 Å². The minimum Gasteiger partial charge on any atom is -0.393 e. The van der Waals surface area contributed by atoms with Gasteiger partial charge in [-0.15, -0.1) is 0 Å². The van der Waals surface area contributed by atoms with Crippen molar-refractivity contribution in [1.82, 2.24) is 0 Å². The Bertz CT molecular complexity index is 822. The van der Waals surface area contributed by atoms with Gasteiger partial charge in [0.1, 0.15) is 0 Å². The standard InChI is InChI=1S/C56H110O3/c1-5-9-13-17-21-23-25-27-29-31-33-35-38-42-46-50-55(57)59-56(58)54(49-45-41-37-34-32-30-28-26-24-22-18-14-10-6-2)52-51-53(47-43-39-20-16-12-8-4)48-44-40-36-19-15-11-7-3/h53-54H,5-52H2,1-4H3. The highest BCUT2D eigenvalue weighted by atomic mass is 16.6. The minimum absolute atomic E-state index is 0.113. The molecule has 3 nitrogen and oxygen atoms in total. The van der Waals surface area contributed by atoms with Crippen molar-refractivity contribution in [2.24, 2.45) is 11.8 Å². The van der Waals surface area contributed by atoms with Gasteiger partial charge in [-0.05, 0) is 31.6 Å². The van der Waals surface area contributed by atoms with E-state index in [1.807, 2.05) is 0 Å². The van der Waals surface area contributed by atoms with Crippen LogP contribution in [0.3, 0.4) is 0 Å². The quantitative estimate of drug-likeness (QED) is 0.0348. The van der Waals surface area contributed by atoms with Crippen LogP contribution in [0.2, 0.25) is 0 Å². The zero-order valence-corrected chi connectivity index (χ0v) is 41.3. The van der Waals surface area contributed by atoms with E-state index in [9.17, 15) is 9.59 Å². The lowest BCUT2D eigenvalue weighted by Crippen LogP contribution is -2.22. The largest absolute Gasteiger partial charge is 0.393 e. The third-order valence-electron chi connectivity index (χ3n) is 13.5. The summed E-state index contributed by atoms with van der Waals surface area (Å²) < 4.78 is 5.64. The maximum atomic E-state index is 13.6. The highest BCUT2D eigenvalue weighted by Crippen LogP contribution is 2.28. The monoisotopic (exact) mass is 831 g/mol. The molecular weight excluding hydrogens is 721 g/mol. The summed E-state index contributed by atoms with van der Waals surface area (Å²) >= 11 is 0. The molecule has 0 rings (SSSR count). The first-order valence-electron chi connectivity index (χ1n) is 27.8. The van der Waals surface area contributed by atoms with Crippen molar-refractivity contribution in [1.29, 1.82) is 0 Å². The van der Waals surface area contributed by atoms with E-state index in [-0.39, 0.29) is 17.9 Å². The van der Waals surface area contributed by atoms with E-state index in [4.69, 9.17) is 4.74 Å². The van der Waals surface area contributed by atoms with Gasteiger partial charge in [-0.25, -0.2) is 0 Å². The third kappa shape index (κ3) is 45.0. The Hall–Kier alpha value is -0.860. The molecule has 0 N–H and O–H groups in total. The molecule has 0 bridgehead atoms. The lowest BCUT2D eigenvalue weighted by Gasteiger charge is -2.21. The molecule has 0 radical (unpaired) electrons. The maximum absolute atomic E-state index is 13.6. The molecule has 59 heavy (non-hydrogen) atoms. The summed E-state index contributed by atoms with van der Waals surface area (Å²) in [6.07, 6.45) is 62.1. The second-order valence-corrected chi connectivity index (χ2v) is 19.5. The van der Waals surface area contributed by atoms with Crippen LogP contribution in [0.25, 0.3) is 0 Å². The first-order valence-corrected chi connectivity index (χ1v) is 27.8. The van der Waals surface area contributed by atoms with Gasteiger partial charge in [0.25, 0.3) is 0 Å². The van der Waals surface area contributed by atoms with Crippen LogP contribution in [-0.4, -0.2) is 11.9 Å². The van der Waals surface area contributed by atoms with Gasteiger partial charge in [0.2, 0.25) is 0 Å². The summed E-state index contributed by atoms with van der Waals surface area (Å²) in [4.78, 5) is 26.5. The van der Waals surface area contributed by atoms with Crippen LogP contribution in [0.5, 0.6) is 0 Å². The second-order valence-electron chi connectivity index (χ2n) is 19.5. The van der Waals surface area contributed by atoms with Crippen LogP contribution in [0.1, 0.15) is 336 Å². The highest BCUT2D eigenvalue weighted by Gasteiger charge is 2.24. The SMILES string of the molecule is CCCCCCCCCCCCCCCCCC(=O)OC(=O)C(CCCCCCCCCCCCCCCC)CCC(CCCCCCCC)CCCCCCCCC. The predicted octanol–water partition coefficient (Wildman–Crippen LogP) is 20.1. The third-order valence-corrected chi connectivity index (χ3v) is 13.5. The van der Waals surface area contributed by atoms with E-state index in [0.29, 0.717) is 12.3 Å². The lowest BCUT2D eigenvalue weighted by atomic mass is 9.86. The number of hydrogen-bond donors (Lipinski definition) is 0. The molecule has 2 unspecified atom stereocenters. The van der Waals surface area contributed by atoms with Gasteiger partial charge in [0.15, 0.2) is 0 Å². The number of ether oxygens (including phenoxy) is 1. The van der Waals surface area contributed by atoms with Gasteiger partial charge < -0.3 is 4.74 Å². The fourth-order valence-electron chi connectivity index (χ4n) is 9.33. The Labute approximate surface area is 372 Å². The molecule has 0 aromatic carbocycles. The zero-order chi connectivity index (χ0) is 43.0. The summed E-state index contributed by atoms with van der Waals surface area (Å²) in [6, 6.07) is 0. The molecule has 0 aliphatic rings. The molecule has 0 saturated heterocycles. The molecule has 352 valence electrons. The number of unbranched alkanes of at least 4 members (excludes halogenated alkanes) is 38. The Morgan fingerprint density at radius 3 is 0.847 bits per heavy atom. The number of carbonyl (C=O) groups is 2.